The van der Waals surface area contributed by atoms with Crippen molar-refractivity contribution in [3.8, 4) is 0 Å². The normalized spacial score (nSPS) is 11.2. The molecule has 0 fully saturated rings. The van der Waals surface area contributed by atoms with Crippen LogP contribution in [0.15, 0.2) is 44.2 Å². The van der Waals surface area contributed by atoms with Crippen molar-refractivity contribution in [3.63, 3.8) is 0 Å². The first-order valence-electron chi connectivity index (χ1n) is 5.89. The van der Waals surface area contributed by atoms with E-state index in [9.17, 15) is 4.79 Å². The van der Waals surface area contributed by atoms with Gasteiger partial charge in [-0.3, -0.25) is 9.48 Å². The standard InChI is InChI=1S/C13H10Br2N4O/c1-18-11-5-3-2-4-8(11)10(17-18)7-19-13(20)12(15)9(14)6-16-19/h2-6H,7H2,1H3. The van der Waals surface area contributed by atoms with Gasteiger partial charge in [0.15, 0.2) is 0 Å². The molecule has 0 spiro atoms. The van der Waals surface area contributed by atoms with Crippen LogP contribution in [-0.2, 0) is 13.6 Å². The second-order valence-corrected chi connectivity index (χ2v) is 6.00. The summed E-state index contributed by atoms with van der Waals surface area (Å²) < 4.78 is 4.31. The zero-order valence-corrected chi connectivity index (χ0v) is 13.7. The number of hydrogen-bond donors (Lipinski definition) is 0. The van der Waals surface area contributed by atoms with Crippen molar-refractivity contribution in [2.45, 2.75) is 6.54 Å². The van der Waals surface area contributed by atoms with E-state index in [0.717, 1.165) is 16.6 Å². The maximum Gasteiger partial charge on any atom is 0.282 e. The van der Waals surface area contributed by atoms with Crippen LogP contribution >= 0.6 is 31.9 Å². The Labute approximate surface area is 131 Å². The van der Waals surface area contributed by atoms with E-state index in [1.165, 1.54) is 4.68 Å². The van der Waals surface area contributed by atoms with Gasteiger partial charge in [0.25, 0.3) is 5.56 Å². The molecule has 20 heavy (non-hydrogen) atoms. The van der Waals surface area contributed by atoms with E-state index in [4.69, 9.17) is 0 Å². The molecule has 0 amide bonds. The van der Waals surface area contributed by atoms with Gasteiger partial charge in [-0.15, -0.1) is 0 Å². The second-order valence-electron chi connectivity index (χ2n) is 4.36. The Kier molecular flexibility index (Phi) is 3.47. The Hall–Kier alpha value is -1.47. The fraction of sp³-hybridized carbons (Fsp3) is 0.154. The van der Waals surface area contributed by atoms with E-state index >= 15 is 0 Å². The molecule has 0 saturated heterocycles. The SMILES string of the molecule is Cn1nc(Cn2ncc(Br)c(Br)c2=O)c2ccccc21. The van der Waals surface area contributed by atoms with Gasteiger partial charge < -0.3 is 0 Å². The van der Waals surface area contributed by atoms with Crippen LogP contribution < -0.4 is 5.56 Å². The molecule has 0 saturated carbocycles. The van der Waals surface area contributed by atoms with Gasteiger partial charge in [0, 0.05) is 12.4 Å². The van der Waals surface area contributed by atoms with E-state index in [-0.39, 0.29) is 5.56 Å². The lowest BCUT2D eigenvalue weighted by atomic mass is 10.2. The third-order valence-corrected chi connectivity index (χ3v) is 4.98. The van der Waals surface area contributed by atoms with Gasteiger partial charge in [0.1, 0.15) is 4.47 Å². The fourth-order valence-corrected chi connectivity index (χ4v) is 2.67. The lowest BCUT2D eigenvalue weighted by Gasteiger charge is -2.04. The van der Waals surface area contributed by atoms with Gasteiger partial charge >= 0.3 is 0 Å². The lowest BCUT2D eigenvalue weighted by molar-refractivity contribution is 0.613. The molecule has 3 rings (SSSR count). The van der Waals surface area contributed by atoms with Crippen LogP contribution in [0, 0.1) is 0 Å². The molecule has 5 nitrogen and oxygen atoms in total. The molecule has 1 aromatic carbocycles. The predicted octanol–water partition coefficient (Wildman–Crippen LogP) is 2.70. The van der Waals surface area contributed by atoms with Gasteiger partial charge in [-0.2, -0.15) is 10.2 Å². The molecule has 0 radical (unpaired) electrons. The Bertz CT molecular complexity index is 853. The summed E-state index contributed by atoms with van der Waals surface area (Å²) in [6.07, 6.45) is 1.59. The molecule has 7 heteroatoms. The van der Waals surface area contributed by atoms with Gasteiger partial charge in [-0.25, -0.2) is 4.68 Å². The van der Waals surface area contributed by atoms with E-state index in [1.807, 2.05) is 36.0 Å². The van der Waals surface area contributed by atoms with Crippen LogP contribution in [0.5, 0.6) is 0 Å². The summed E-state index contributed by atoms with van der Waals surface area (Å²) in [7, 11) is 1.89. The minimum absolute atomic E-state index is 0.186. The van der Waals surface area contributed by atoms with Crippen molar-refractivity contribution in [1.82, 2.24) is 19.6 Å². The Morgan fingerprint density at radius 1 is 1.25 bits per heavy atom. The van der Waals surface area contributed by atoms with Crippen molar-refractivity contribution >= 4 is 42.8 Å². The quantitative estimate of drug-likeness (QED) is 0.668. The number of hydrogen-bond acceptors (Lipinski definition) is 3. The third kappa shape index (κ3) is 2.20. The molecule has 0 aliphatic rings. The van der Waals surface area contributed by atoms with Gasteiger partial charge in [0.2, 0.25) is 0 Å². The number of aromatic nitrogens is 4. The number of benzene rings is 1. The summed E-state index contributed by atoms with van der Waals surface area (Å²) in [6.45, 7) is 0.339. The molecule has 102 valence electrons. The Morgan fingerprint density at radius 3 is 2.80 bits per heavy atom. The first kappa shape index (κ1) is 13.5. The molecule has 3 aromatic rings. The number of rotatable bonds is 2. The summed E-state index contributed by atoms with van der Waals surface area (Å²) in [4.78, 5) is 12.1. The van der Waals surface area contributed by atoms with Crippen molar-refractivity contribution in [3.05, 3.63) is 55.5 Å². The molecule has 2 aromatic heterocycles. The highest BCUT2D eigenvalue weighted by Gasteiger charge is 2.12. The van der Waals surface area contributed by atoms with E-state index < -0.39 is 0 Å². The number of halogens is 2. The molecule has 0 N–H and O–H groups in total. The molecule has 0 atom stereocenters. The first-order chi connectivity index (χ1) is 9.58. The maximum atomic E-state index is 12.1. The summed E-state index contributed by atoms with van der Waals surface area (Å²) in [5.41, 5.74) is 1.67. The minimum Gasteiger partial charge on any atom is -0.268 e. The highest BCUT2D eigenvalue weighted by atomic mass is 79.9. The van der Waals surface area contributed by atoms with Crippen LogP contribution in [0.3, 0.4) is 0 Å². The minimum atomic E-state index is -0.186. The fourth-order valence-electron chi connectivity index (χ4n) is 2.10. The molecule has 0 bridgehead atoms. The van der Waals surface area contributed by atoms with Crippen LogP contribution in [0.4, 0.5) is 0 Å². The van der Waals surface area contributed by atoms with Gasteiger partial charge in [-0.05, 0) is 37.9 Å². The Balaban J connectivity index is 2.11. The van der Waals surface area contributed by atoms with E-state index in [1.54, 1.807) is 6.20 Å². The number of aryl methyl sites for hydroxylation is 1. The summed E-state index contributed by atoms with van der Waals surface area (Å²) in [5, 5.41) is 9.63. The molecule has 0 aliphatic heterocycles. The Morgan fingerprint density at radius 2 is 2.00 bits per heavy atom. The zero-order valence-electron chi connectivity index (χ0n) is 10.5. The summed E-state index contributed by atoms with van der Waals surface area (Å²) >= 11 is 6.52. The number of nitrogens with zero attached hydrogens (tertiary/aromatic N) is 4. The van der Waals surface area contributed by atoms with Gasteiger partial charge in [0.05, 0.1) is 28.4 Å². The molecule has 2 heterocycles. The summed E-state index contributed by atoms with van der Waals surface area (Å²) in [6, 6.07) is 7.92. The summed E-state index contributed by atoms with van der Waals surface area (Å²) in [5.74, 6) is 0. The lowest BCUT2D eigenvalue weighted by Crippen LogP contribution is -2.24. The predicted molar refractivity (Wildman–Crippen MR) is 83.7 cm³/mol. The van der Waals surface area contributed by atoms with Crippen LogP contribution in [-0.4, -0.2) is 19.6 Å². The van der Waals surface area contributed by atoms with Crippen LogP contribution in [0.2, 0.25) is 0 Å². The van der Waals surface area contributed by atoms with Crippen molar-refractivity contribution in [2.75, 3.05) is 0 Å². The zero-order chi connectivity index (χ0) is 14.3. The average molecular weight is 398 g/mol. The monoisotopic (exact) mass is 396 g/mol. The molecule has 0 aliphatic carbocycles. The first-order valence-corrected chi connectivity index (χ1v) is 7.48. The van der Waals surface area contributed by atoms with Crippen LogP contribution in [0.1, 0.15) is 5.69 Å². The largest absolute Gasteiger partial charge is 0.282 e. The maximum absolute atomic E-state index is 12.1. The van der Waals surface area contributed by atoms with Crippen molar-refractivity contribution < 1.29 is 0 Å². The highest BCUT2D eigenvalue weighted by molar-refractivity contribution is 9.13. The second kappa shape index (κ2) is 5.14. The molecular formula is C13H10Br2N4O. The van der Waals surface area contributed by atoms with Gasteiger partial charge in [-0.1, -0.05) is 18.2 Å². The third-order valence-electron chi connectivity index (χ3n) is 3.08. The van der Waals surface area contributed by atoms with Crippen LogP contribution in [0.25, 0.3) is 10.9 Å². The van der Waals surface area contributed by atoms with Crippen molar-refractivity contribution in [1.29, 1.82) is 0 Å². The molecular weight excluding hydrogens is 388 g/mol. The topological polar surface area (TPSA) is 52.7 Å². The number of fused-ring (bicyclic) bond motifs is 1. The smallest absolute Gasteiger partial charge is 0.268 e. The number of para-hydroxylation sites is 1. The average Bonchev–Trinajstić information content (AvgIpc) is 2.77. The van der Waals surface area contributed by atoms with E-state index in [2.05, 4.69) is 42.1 Å². The molecule has 0 unspecified atom stereocenters. The highest BCUT2D eigenvalue weighted by Crippen LogP contribution is 2.19. The van der Waals surface area contributed by atoms with E-state index in [0.29, 0.717) is 15.5 Å². The van der Waals surface area contributed by atoms with Crippen molar-refractivity contribution in [2.24, 2.45) is 7.05 Å².